The van der Waals surface area contributed by atoms with E-state index in [9.17, 15) is 5.21 Å². The topological polar surface area (TPSA) is 23.1 Å². The Hall–Kier alpha value is -0.0800. The van der Waals surface area contributed by atoms with Crippen molar-refractivity contribution in [3.05, 3.63) is 5.21 Å². The van der Waals surface area contributed by atoms with Crippen molar-refractivity contribution in [1.82, 2.24) is 0 Å². The second-order valence-electron chi connectivity index (χ2n) is 9.09. The average molecular weight is 286 g/mol. The van der Waals surface area contributed by atoms with E-state index in [-0.39, 0.29) is 20.9 Å². The molecule has 0 aromatic carbocycles. The molecule has 0 aliphatic rings. The number of quaternary nitrogens is 1. The van der Waals surface area contributed by atoms with Crippen LogP contribution in [0.2, 0.25) is 0 Å². The van der Waals surface area contributed by atoms with Gasteiger partial charge in [0.25, 0.3) is 0 Å². The monoisotopic (exact) mass is 285 g/mol. The molecule has 122 valence electrons. The van der Waals surface area contributed by atoms with Crippen molar-refractivity contribution in [2.45, 2.75) is 81.6 Å². The smallest absolute Gasteiger partial charge is 0.0835 e. The average Bonchev–Trinajstić information content (AvgIpc) is 2.26. The Bertz CT molecular complexity index is 246. The molecule has 0 radical (unpaired) electrons. The highest BCUT2D eigenvalue weighted by Crippen LogP contribution is 2.34. The highest BCUT2D eigenvalue weighted by atomic mass is 16.5. The van der Waals surface area contributed by atoms with Gasteiger partial charge in [-0.25, -0.2) is 0 Å². The largest absolute Gasteiger partial charge is 0.633 e. The van der Waals surface area contributed by atoms with Gasteiger partial charge in [0.15, 0.2) is 0 Å². The third kappa shape index (κ3) is 7.08. The van der Waals surface area contributed by atoms with Crippen molar-refractivity contribution >= 4 is 0 Å². The maximum Gasteiger partial charge on any atom is 0.0835 e. The van der Waals surface area contributed by atoms with Crippen LogP contribution in [-0.4, -0.2) is 24.3 Å². The third-order valence-corrected chi connectivity index (χ3v) is 5.02. The molecule has 0 fully saturated rings. The number of hydrogen-bond donors (Lipinski definition) is 0. The first kappa shape index (κ1) is 19.9. The minimum atomic E-state index is -0.0392. The highest BCUT2D eigenvalue weighted by molar-refractivity contribution is 4.75. The fraction of sp³-hybridized carbons (Fsp3) is 1.00. The van der Waals surface area contributed by atoms with Crippen LogP contribution in [0.25, 0.3) is 0 Å². The molecule has 0 saturated heterocycles. The van der Waals surface area contributed by atoms with E-state index in [2.05, 4.69) is 62.3 Å². The highest BCUT2D eigenvalue weighted by Gasteiger charge is 2.36. The molecule has 0 rings (SSSR count). The molecule has 2 heteroatoms. The molecule has 0 unspecified atom stereocenters. The van der Waals surface area contributed by atoms with Crippen LogP contribution in [0.15, 0.2) is 0 Å². The van der Waals surface area contributed by atoms with E-state index in [0.717, 1.165) is 38.9 Å². The van der Waals surface area contributed by atoms with Crippen LogP contribution in [0.5, 0.6) is 0 Å². The first-order valence-corrected chi connectivity index (χ1v) is 8.37. The number of hydroxylamine groups is 3. The second-order valence-corrected chi connectivity index (χ2v) is 9.09. The molecule has 0 spiro atoms. The van der Waals surface area contributed by atoms with Crippen LogP contribution in [0.3, 0.4) is 0 Å². The lowest BCUT2D eigenvalue weighted by molar-refractivity contribution is -0.899. The van der Waals surface area contributed by atoms with Gasteiger partial charge in [0.2, 0.25) is 0 Å². The molecule has 0 atom stereocenters. The molecule has 0 aromatic heterocycles. The van der Waals surface area contributed by atoms with E-state index in [1.807, 2.05) is 0 Å². The lowest BCUT2D eigenvalue weighted by atomic mass is 9.83. The second kappa shape index (κ2) is 6.79. The van der Waals surface area contributed by atoms with Gasteiger partial charge < -0.3 is 9.85 Å². The lowest BCUT2D eigenvalue weighted by Gasteiger charge is -2.53. The zero-order chi connectivity index (χ0) is 16.2. The summed E-state index contributed by atoms with van der Waals surface area (Å²) in [6.07, 6.45) is 3.19. The molecular formula is C18H39NO. The first-order chi connectivity index (χ1) is 8.80. The van der Waals surface area contributed by atoms with E-state index < -0.39 is 0 Å². The summed E-state index contributed by atoms with van der Waals surface area (Å²) < 4.78 is -0.0392. The zero-order valence-corrected chi connectivity index (χ0v) is 15.6. The van der Waals surface area contributed by atoms with Gasteiger partial charge in [-0.2, -0.15) is 0 Å². The van der Waals surface area contributed by atoms with E-state index in [1.54, 1.807) is 0 Å². The summed E-state index contributed by atoms with van der Waals surface area (Å²) in [6.45, 7) is 22.2. The molecular weight excluding hydrogens is 246 g/mol. The fourth-order valence-corrected chi connectivity index (χ4v) is 2.84. The van der Waals surface area contributed by atoms with Gasteiger partial charge >= 0.3 is 0 Å². The molecule has 0 saturated carbocycles. The molecule has 2 nitrogen and oxygen atoms in total. The molecule has 0 N–H and O–H groups in total. The maximum absolute atomic E-state index is 13.6. The minimum absolute atomic E-state index is 0.0392. The normalized spacial score (nSPS) is 14.7. The Balaban J connectivity index is 5.23. The predicted octanol–water partition coefficient (Wildman–Crippen LogP) is 5.61. The van der Waals surface area contributed by atoms with Crippen LogP contribution in [0.1, 0.15) is 81.6 Å². The standard InChI is InChI=1S/C18H39NO/c1-10-16(4,5)13-19(20,14-17(6,7)11-2)15-18(8,9)12-3/h10-15H2,1-9H3. The number of hydrogen-bond acceptors (Lipinski definition) is 1. The summed E-state index contributed by atoms with van der Waals surface area (Å²) in [6, 6.07) is 0. The molecule has 0 bridgehead atoms. The van der Waals surface area contributed by atoms with Crippen LogP contribution in [-0.2, 0) is 0 Å². The molecule has 0 heterocycles. The van der Waals surface area contributed by atoms with Gasteiger partial charge in [0.05, 0.1) is 19.6 Å². The van der Waals surface area contributed by atoms with Gasteiger partial charge in [0.1, 0.15) is 0 Å². The van der Waals surface area contributed by atoms with Crippen molar-refractivity contribution < 1.29 is 4.65 Å². The van der Waals surface area contributed by atoms with Crippen LogP contribution in [0.4, 0.5) is 0 Å². The Morgan fingerprint density at radius 1 is 0.600 bits per heavy atom. The molecule has 0 amide bonds. The number of nitrogens with zero attached hydrogens (tertiary/aromatic N) is 1. The summed E-state index contributed by atoms with van der Waals surface area (Å²) >= 11 is 0. The van der Waals surface area contributed by atoms with Crippen molar-refractivity contribution in [2.24, 2.45) is 16.2 Å². The van der Waals surface area contributed by atoms with Gasteiger partial charge in [-0.15, -0.1) is 0 Å². The van der Waals surface area contributed by atoms with E-state index in [1.165, 1.54) is 0 Å². The summed E-state index contributed by atoms with van der Waals surface area (Å²) in [4.78, 5) is 0. The van der Waals surface area contributed by atoms with E-state index in [4.69, 9.17) is 0 Å². The Kier molecular flexibility index (Phi) is 6.76. The van der Waals surface area contributed by atoms with Gasteiger partial charge in [-0.1, -0.05) is 62.3 Å². The van der Waals surface area contributed by atoms with Crippen molar-refractivity contribution in [3.63, 3.8) is 0 Å². The quantitative estimate of drug-likeness (QED) is 0.399. The molecule has 20 heavy (non-hydrogen) atoms. The summed E-state index contributed by atoms with van der Waals surface area (Å²) in [7, 11) is 0. The third-order valence-electron chi connectivity index (χ3n) is 5.02. The Labute approximate surface area is 128 Å². The Morgan fingerprint density at radius 2 is 0.800 bits per heavy atom. The summed E-state index contributed by atoms with van der Waals surface area (Å²) in [5.41, 5.74) is 0.361. The first-order valence-electron chi connectivity index (χ1n) is 8.37. The van der Waals surface area contributed by atoms with Gasteiger partial charge in [-0.05, 0) is 19.3 Å². The summed E-state index contributed by atoms with van der Waals surface area (Å²) in [5.74, 6) is 0. The van der Waals surface area contributed by atoms with Crippen molar-refractivity contribution in [2.75, 3.05) is 19.6 Å². The number of rotatable bonds is 9. The van der Waals surface area contributed by atoms with Crippen molar-refractivity contribution in [1.29, 1.82) is 0 Å². The van der Waals surface area contributed by atoms with Crippen LogP contribution >= 0.6 is 0 Å². The minimum Gasteiger partial charge on any atom is -0.633 e. The summed E-state index contributed by atoms with van der Waals surface area (Å²) in [5, 5.41) is 13.6. The van der Waals surface area contributed by atoms with E-state index in [0.29, 0.717) is 0 Å². The SMILES string of the molecule is CCC(C)(C)C[N+]([O-])(CC(C)(C)CC)CC(C)(C)CC. The van der Waals surface area contributed by atoms with E-state index >= 15 is 0 Å². The molecule has 0 aliphatic carbocycles. The maximum atomic E-state index is 13.6. The molecule has 0 aromatic rings. The van der Waals surface area contributed by atoms with Crippen molar-refractivity contribution in [3.8, 4) is 0 Å². The van der Waals surface area contributed by atoms with Crippen LogP contribution < -0.4 is 0 Å². The van der Waals surface area contributed by atoms with Gasteiger partial charge in [-0.3, -0.25) is 0 Å². The fourth-order valence-electron chi connectivity index (χ4n) is 2.84. The van der Waals surface area contributed by atoms with Gasteiger partial charge in [0, 0.05) is 16.2 Å². The Morgan fingerprint density at radius 3 is 0.950 bits per heavy atom. The van der Waals surface area contributed by atoms with Crippen LogP contribution in [0, 0.1) is 21.5 Å². The predicted molar refractivity (Wildman–Crippen MR) is 90.4 cm³/mol. The lowest BCUT2D eigenvalue weighted by Crippen LogP contribution is -2.56. The zero-order valence-electron chi connectivity index (χ0n) is 15.6. The molecule has 0 aliphatic heterocycles.